The Morgan fingerprint density at radius 2 is 1.43 bits per heavy atom. The molecule has 0 aliphatic rings. The van der Waals surface area contributed by atoms with Crippen LogP contribution in [0.4, 0.5) is 11.4 Å². The summed E-state index contributed by atoms with van der Waals surface area (Å²) in [5, 5.41) is 3.50. The van der Waals surface area contributed by atoms with Gasteiger partial charge in [0, 0.05) is 16.9 Å². The van der Waals surface area contributed by atoms with Crippen LogP contribution in [0, 0.1) is 6.07 Å². The van der Waals surface area contributed by atoms with Crippen LogP contribution < -0.4 is 5.32 Å². The van der Waals surface area contributed by atoms with Crippen LogP contribution in [0.25, 0.3) is 11.1 Å². The highest BCUT2D eigenvalue weighted by Gasteiger charge is 2.13. The first-order valence-corrected chi connectivity index (χ1v) is 7.97. The van der Waals surface area contributed by atoms with Crippen LogP contribution in [0.1, 0.15) is 26.3 Å². The summed E-state index contributed by atoms with van der Waals surface area (Å²) in [7, 11) is 0. The van der Waals surface area contributed by atoms with Crippen molar-refractivity contribution in [1.82, 2.24) is 0 Å². The second-order valence-electron chi connectivity index (χ2n) is 6.79. The highest BCUT2D eigenvalue weighted by atomic mass is 14.9. The monoisotopic (exact) mass is 300 g/mol. The summed E-state index contributed by atoms with van der Waals surface area (Å²) in [5.74, 6) is 0. The van der Waals surface area contributed by atoms with Crippen molar-refractivity contribution in [3.63, 3.8) is 0 Å². The number of hydrogen-bond acceptors (Lipinski definition) is 1. The van der Waals surface area contributed by atoms with E-state index in [9.17, 15) is 0 Å². The van der Waals surface area contributed by atoms with Crippen molar-refractivity contribution in [2.75, 3.05) is 5.32 Å². The van der Waals surface area contributed by atoms with Crippen LogP contribution >= 0.6 is 0 Å². The molecule has 0 unspecified atom stereocenters. The molecule has 115 valence electrons. The summed E-state index contributed by atoms with van der Waals surface area (Å²) in [6.07, 6.45) is 0. The van der Waals surface area contributed by atoms with Crippen molar-refractivity contribution >= 4 is 11.4 Å². The van der Waals surface area contributed by atoms with E-state index in [-0.39, 0.29) is 5.41 Å². The summed E-state index contributed by atoms with van der Waals surface area (Å²) in [6.45, 7) is 6.72. The fourth-order valence-corrected chi connectivity index (χ4v) is 2.62. The first-order valence-electron chi connectivity index (χ1n) is 7.97. The maximum atomic E-state index is 3.50. The molecular formula is C22H22N. The maximum Gasteiger partial charge on any atom is 0.0463 e. The molecule has 0 aromatic heterocycles. The predicted octanol–water partition coefficient (Wildman–Crippen LogP) is 6.19. The van der Waals surface area contributed by atoms with Gasteiger partial charge in [-0.1, -0.05) is 75.4 Å². The van der Waals surface area contributed by atoms with Gasteiger partial charge in [-0.2, -0.15) is 0 Å². The molecule has 0 fully saturated rings. The Morgan fingerprint density at radius 3 is 2.09 bits per heavy atom. The van der Waals surface area contributed by atoms with Gasteiger partial charge in [0.2, 0.25) is 0 Å². The molecule has 0 atom stereocenters. The van der Waals surface area contributed by atoms with Crippen LogP contribution in [0.3, 0.4) is 0 Å². The molecule has 0 heterocycles. The molecule has 1 radical (unpaired) electrons. The Morgan fingerprint density at radius 1 is 0.783 bits per heavy atom. The number of hydrogen-bond donors (Lipinski definition) is 1. The zero-order valence-electron chi connectivity index (χ0n) is 13.9. The van der Waals surface area contributed by atoms with Crippen molar-refractivity contribution in [1.29, 1.82) is 0 Å². The van der Waals surface area contributed by atoms with Crippen LogP contribution in [-0.2, 0) is 5.41 Å². The van der Waals surface area contributed by atoms with Crippen molar-refractivity contribution < 1.29 is 0 Å². The van der Waals surface area contributed by atoms with Crippen molar-refractivity contribution in [2.45, 2.75) is 26.2 Å². The van der Waals surface area contributed by atoms with E-state index in [1.54, 1.807) is 0 Å². The molecule has 0 bridgehead atoms. The van der Waals surface area contributed by atoms with E-state index in [4.69, 9.17) is 0 Å². The number of para-hydroxylation sites is 1. The van der Waals surface area contributed by atoms with Gasteiger partial charge in [-0.15, -0.1) is 0 Å². The molecule has 0 spiro atoms. The van der Waals surface area contributed by atoms with Crippen molar-refractivity contribution in [2.24, 2.45) is 0 Å². The number of nitrogens with one attached hydrogen (secondary N) is 1. The van der Waals surface area contributed by atoms with Gasteiger partial charge in [0.15, 0.2) is 0 Å². The van der Waals surface area contributed by atoms with Gasteiger partial charge >= 0.3 is 0 Å². The van der Waals surface area contributed by atoms with E-state index in [0.29, 0.717) is 0 Å². The molecule has 1 nitrogen and oxygen atoms in total. The van der Waals surface area contributed by atoms with Crippen LogP contribution in [0.5, 0.6) is 0 Å². The Hall–Kier alpha value is -2.54. The average Bonchev–Trinajstić information content (AvgIpc) is 2.56. The summed E-state index contributed by atoms with van der Waals surface area (Å²) < 4.78 is 0. The van der Waals surface area contributed by atoms with E-state index in [2.05, 4.69) is 80.7 Å². The molecule has 0 aliphatic heterocycles. The number of benzene rings is 3. The lowest BCUT2D eigenvalue weighted by molar-refractivity contribution is 0.590. The van der Waals surface area contributed by atoms with Gasteiger partial charge in [0.1, 0.15) is 0 Å². The second kappa shape index (κ2) is 6.29. The molecule has 1 N–H and O–H groups in total. The van der Waals surface area contributed by atoms with Gasteiger partial charge in [0.25, 0.3) is 0 Å². The van der Waals surface area contributed by atoms with Gasteiger partial charge in [-0.25, -0.2) is 0 Å². The predicted molar refractivity (Wildman–Crippen MR) is 99.1 cm³/mol. The standard InChI is InChI=1S/C22H22N/c1-22(2,3)18-15-13-17(14-16-18)20-11-7-8-12-21(20)23-19-9-5-4-6-10-19/h5-16,23H,1-3H3. The first kappa shape index (κ1) is 15.4. The fourth-order valence-electron chi connectivity index (χ4n) is 2.62. The first-order chi connectivity index (χ1) is 11.0. The van der Waals surface area contributed by atoms with Crippen LogP contribution in [0.2, 0.25) is 0 Å². The van der Waals surface area contributed by atoms with Crippen LogP contribution in [0.15, 0.2) is 72.8 Å². The van der Waals surface area contributed by atoms with E-state index < -0.39 is 0 Å². The second-order valence-corrected chi connectivity index (χ2v) is 6.79. The Kier molecular flexibility index (Phi) is 4.20. The molecule has 0 aliphatic carbocycles. The SMILES string of the molecule is CC(C)(C)c1ccc(-c2ccccc2Nc2cc[c]cc2)cc1. The quantitative estimate of drug-likeness (QED) is 0.607. The smallest absolute Gasteiger partial charge is 0.0463 e. The third-order valence-corrected chi connectivity index (χ3v) is 3.99. The van der Waals surface area contributed by atoms with Gasteiger partial charge < -0.3 is 5.32 Å². The lowest BCUT2D eigenvalue weighted by Crippen LogP contribution is -2.10. The lowest BCUT2D eigenvalue weighted by atomic mass is 9.86. The minimum absolute atomic E-state index is 0.177. The molecule has 3 aromatic carbocycles. The van der Waals surface area contributed by atoms with E-state index >= 15 is 0 Å². The van der Waals surface area contributed by atoms with E-state index in [1.807, 2.05) is 24.3 Å². The molecule has 0 amide bonds. The average molecular weight is 300 g/mol. The van der Waals surface area contributed by atoms with Crippen molar-refractivity contribution in [3.05, 3.63) is 84.4 Å². The Labute approximate surface area is 139 Å². The molecule has 3 rings (SSSR count). The minimum Gasteiger partial charge on any atom is -0.355 e. The topological polar surface area (TPSA) is 12.0 Å². The Balaban J connectivity index is 1.94. The van der Waals surface area contributed by atoms with Gasteiger partial charge in [-0.05, 0) is 40.8 Å². The molecular weight excluding hydrogens is 278 g/mol. The molecule has 0 saturated carbocycles. The zero-order valence-corrected chi connectivity index (χ0v) is 13.9. The normalized spacial score (nSPS) is 11.3. The number of anilines is 2. The third kappa shape index (κ3) is 3.62. The van der Waals surface area contributed by atoms with Gasteiger partial charge in [-0.3, -0.25) is 0 Å². The summed E-state index contributed by atoms with van der Waals surface area (Å²) in [4.78, 5) is 0. The molecule has 1 heteroatoms. The van der Waals surface area contributed by atoms with Crippen LogP contribution in [-0.4, -0.2) is 0 Å². The zero-order chi connectivity index (χ0) is 16.3. The van der Waals surface area contributed by atoms with Gasteiger partial charge in [0.05, 0.1) is 0 Å². The highest BCUT2D eigenvalue weighted by Crippen LogP contribution is 2.32. The maximum absolute atomic E-state index is 3.50. The summed E-state index contributed by atoms with van der Waals surface area (Å²) >= 11 is 0. The highest BCUT2D eigenvalue weighted by molar-refractivity contribution is 5.81. The lowest BCUT2D eigenvalue weighted by Gasteiger charge is -2.19. The molecule has 23 heavy (non-hydrogen) atoms. The van der Waals surface area contributed by atoms with E-state index in [0.717, 1.165) is 11.4 Å². The van der Waals surface area contributed by atoms with E-state index in [1.165, 1.54) is 16.7 Å². The number of rotatable bonds is 3. The summed E-state index contributed by atoms with van der Waals surface area (Å²) in [5.41, 5.74) is 6.15. The van der Waals surface area contributed by atoms with Crippen molar-refractivity contribution in [3.8, 4) is 11.1 Å². The fraction of sp³-hybridized carbons (Fsp3) is 0.182. The molecule has 3 aromatic rings. The Bertz CT molecular complexity index is 765. The molecule has 0 saturated heterocycles. The summed E-state index contributed by atoms with van der Waals surface area (Å²) in [6, 6.07) is 28.2. The largest absolute Gasteiger partial charge is 0.355 e. The third-order valence-electron chi connectivity index (χ3n) is 3.99. The minimum atomic E-state index is 0.177.